The third-order valence-electron chi connectivity index (χ3n) is 9.49. The quantitative estimate of drug-likeness (QED) is 0.305. The summed E-state index contributed by atoms with van der Waals surface area (Å²) in [5.41, 5.74) is 1.60. The fourth-order valence-electron chi connectivity index (χ4n) is 7.70. The average Bonchev–Trinajstić information content (AvgIpc) is 3.62. The second-order valence-corrected chi connectivity index (χ2v) is 14.1. The fraction of sp³-hybridized carbons (Fsp3) is 0.457. The molecule has 0 aromatic heterocycles. The van der Waals surface area contributed by atoms with Gasteiger partial charge >= 0.3 is 0 Å². The Morgan fingerprint density at radius 1 is 1.11 bits per heavy atom. The van der Waals surface area contributed by atoms with Crippen molar-refractivity contribution in [1.29, 1.82) is 0 Å². The Labute approximate surface area is 269 Å². The zero-order chi connectivity index (χ0) is 31.6. The van der Waals surface area contributed by atoms with Gasteiger partial charge in [-0.3, -0.25) is 14.4 Å². The summed E-state index contributed by atoms with van der Waals surface area (Å²) in [6.45, 7) is 12.8. The third kappa shape index (κ3) is 5.50. The van der Waals surface area contributed by atoms with Crippen LogP contribution in [0.5, 0.6) is 0 Å². The first kappa shape index (κ1) is 32.3. The zero-order valence-corrected chi connectivity index (χ0v) is 27.1. The lowest BCUT2D eigenvalue weighted by Crippen LogP contribution is -2.59. The van der Waals surface area contributed by atoms with Gasteiger partial charge in [0.2, 0.25) is 11.8 Å². The predicted octanol–water partition coefficient (Wildman–Crippen LogP) is 5.22. The van der Waals surface area contributed by atoms with Gasteiger partial charge in [0.25, 0.3) is 5.91 Å². The molecule has 5 rings (SSSR count). The van der Waals surface area contributed by atoms with Crippen molar-refractivity contribution in [3.8, 4) is 0 Å². The lowest BCUT2D eigenvalue weighted by Gasteiger charge is -2.42. The van der Waals surface area contributed by atoms with Gasteiger partial charge < -0.3 is 19.8 Å². The average molecular weight is 636 g/mol. The molecular weight excluding hydrogens is 594 g/mol. The summed E-state index contributed by atoms with van der Waals surface area (Å²) < 4.78 is -0.818. The molecule has 3 heterocycles. The van der Waals surface area contributed by atoms with Gasteiger partial charge in [-0.1, -0.05) is 67.9 Å². The molecule has 3 unspecified atom stereocenters. The van der Waals surface area contributed by atoms with E-state index in [-0.39, 0.29) is 42.0 Å². The highest BCUT2D eigenvalue weighted by molar-refractivity contribution is 8.02. The number of likely N-dealkylation sites (tertiary alicyclic amines) is 1. The monoisotopic (exact) mass is 635 g/mol. The van der Waals surface area contributed by atoms with Gasteiger partial charge in [0.15, 0.2) is 0 Å². The second-order valence-electron chi connectivity index (χ2n) is 12.1. The zero-order valence-electron chi connectivity index (χ0n) is 25.5. The Balaban J connectivity index is 1.63. The number of aliphatic hydroxyl groups is 1. The fourth-order valence-corrected chi connectivity index (χ4v) is 10.2. The van der Waals surface area contributed by atoms with E-state index in [1.165, 1.54) is 0 Å². The van der Waals surface area contributed by atoms with Crippen LogP contribution in [-0.4, -0.2) is 80.9 Å². The molecule has 1 spiro atoms. The van der Waals surface area contributed by atoms with E-state index in [1.54, 1.807) is 62.9 Å². The van der Waals surface area contributed by atoms with E-state index in [0.29, 0.717) is 30.2 Å². The number of carbonyl (C=O) groups excluding carboxylic acids is 3. The molecule has 1 N–H and O–H groups in total. The number of hydrogen-bond donors (Lipinski definition) is 1. The number of amides is 3. The van der Waals surface area contributed by atoms with E-state index in [2.05, 4.69) is 20.1 Å². The van der Waals surface area contributed by atoms with Crippen LogP contribution in [0, 0.1) is 17.8 Å². The molecule has 44 heavy (non-hydrogen) atoms. The van der Waals surface area contributed by atoms with E-state index >= 15 is 0 Å². The number of benzene rings is 2. The van der Waals surface area contributed by atoms with Crippen molar-refractivity contribution >= 4 is 46.8 Å². The summed E-state index contributed by atoms with van der Waals surface area (Å²) in [5, 5.41) is 11.3. The van der Waals surface area contributed by atoms with Gasteiger partial charge in [0.05, 0.1) is 29.2 Å². The molecule has 3 amide bonds. The molecule has 0 radical (unpaired) electrons. The predicted molar refractivity (Wildman–Crippen MR) is 178 cm³/mol. The summed E-state index contributed by atoms with van der Waals surface area (Å²) in [5.74, 6) is -1.72. The summed E-state index contributed by atoms with van der Waals surface area (Å²) in [6.07, 6.45) is 5.31. The van der Waals surface area contributed by atoms with E-state index in [1.807, 2.05) is 37.3 Å². The molecule has 3 aliphatic heterocycles. The number of halogens is 1. The summed E-state index contributed by atoms with van der Waals surface area (Å²) >= 11 is 7.84. The van der Waals surface area contributed by atoms with Crippen molar-refractivity contribution in [1.82, 2.24) is 9.80 Å². The topological polar surface area (TPSA) is 81.2 Å². The molecule has 3 fully saturated rings. The highest BCUT2D eigenvalue weighted by atomic mass is 35.5. The first-order valence-corrected chi connectivity index (χ1v) is 16.7. The number of fused-ring (bicyclic) bond motifs is 1. The van der Waals surface area contributed by atoms with E-state index in [0.717, 1.165) is 18.4 Å². The van der Waals surface area contributed by atoms with E-state index in [4.69, 9.17) is 11.6 Å². The number of nitrogens with zero attached hydrogens (tertiary/aromatic N) is 3. The van der Waals surface area contributed by atoms with Crippen molar-refractivity contribution in [2.45, 2.75) is 55.2 Å². The van der Waals surface area contributed by atoms with Gasteiger partial charge in [0, 0.05) is 35.6 Å². The molecule has 2 bridgehead atoms. The first-order chi connectivity index (χ1) is 21.2. The minimum atomic E-state index is -0.877. The number of anilines is 1. The highest BCUT2D eigenvalue weighted by Gasteiger charge is 2.77. The van der Waals surface area contributed by atoms with Crippen LogP contribution in [0.3, 0.4) is 0 Å². The first-order valence-electron chi connectivity index (χ1n) is 15.5. The molecule has 234 valence electrons. The Hall–Kier alpha value is -3.07. The number of carbonyl (C=O) groups is 3. The summed E-state index contributed by atoms with van der Waals surface area (Å²) in [6, 6.07) is 15.2. The van der Waals surface area contributed by atoms with Gasteiger partial charge in [-0.2, -0.15) is 0 Å². The molecular formula is C35H42ClN3O4S. The Kier molecular flexibility index (Phi) is 9.93. The SMILES string of the molecule is C=CCN(CCC)C(=O)[C@@H]1[C@@H]2CC(C)C3(S2)C(C(=O)N(CC=C)c2ccc(Cl)cc2)N([C@@H](CO)Cc2ccccc2)C(=O)[C@H]13. The molecule has 0 saturated carbocycles. The van der Waals surface area contributed by atoms with Crippen molar-refractivity contribution in [3.05, 3.63) is 90.5 Å². The maximum atomic E-state index is 15.0. The normalized spacial score (nSPS) is 27.6. The minimum absolute atomic E-state index is 0.000321. The van der Waals surface area contributed by atoms with Gasteiger partial charge in [0.1, 0.15) is 6.04 Å². The van der Waals surface area contributed by atoms with Gasteiger partial charge in [-0.25, -0.2) is 0 Å². The second kappa shape index (κ2) is 13.5. The van der Waals surface area contributed by atoms with Crippen LogP contribution in [0.15, 0.2) is 79.9 Å². The number of thioether (sulfide) groups is 1. The van der Waals surface area contributed by atoms with Crippen LogP contribution in [0.25, 0.3) is 0 Å². The maximum Gasteiger partial charge on any atom is 0.251 e. The molecule has 3 saturated heterocycles. The minimum Gasteiger partial charge on any atom is -0.394 e. The molecule has 9 heteroatoms. The molecule has 7 atom stereocenters. The lowest BCUT2D eigenvalue weighted by atomic mass is 9.65. The van der Waals surface area contributed by atoms with Gasteiger partial charge in [-0.15, -0.1) is 24.9 Å². The molecule has 2 aromatic carbocycles. The van der Waals surface area contributed by atoms with Crippen LogP contribution < -0.4 is 4.90 Å². The largest absolute Gasteiger partial charge is 0.394 e. The Bertz CT molecular complexity index is 1390. The van der Waals surface area contributed by atoms with Gasteiger partial charge in [-0.05, 0) is 55.0 Å². The number of rotatable bonds is 13. The standard InChI is InChI=1S/C35H42ClN3O4S/c1-5-17-37(18-6-2)32(41)29-28-20-23(4)35(44-28)30(29)33(42)39(27(22-40)21-24-11-9-8-10-12-24)31(35)34(43)38(19-7-3)26-15-13-25(36)14-16-26/h5,7-16,23,27-31,40H,1,3,6,17-22H2,2,4H3/t23?,27-,28+,29-,30+,31?,35?/m1/s1. The number of hydrogen-bond acceptors (Lipinski definition) is 5. The molecule has 7 nitrogen and oxygen atoms in total. The highest BCUT2D eigenvalue weighted by Crippen LogP contribution is 2.69. The van der Waals surface area contributed by atoms with Crippen LogP contribution in [-0.2, 0) is 20.8 Å². The van der Waals surface area contributed by atoms with Crippen molar-refractivity contribution in [3.63, 3.8) is 0 Å². The van der Waals surface area contributed by atoms with E-state index in [9.17, 15) is 19.5 Å². The van der Waals surface area contributed by atoms with E-state index < -0.39 is 28.7 Å². The van der Waals surface area contributed by atoms with Crippen LogP contribution in [0.2, 0.25) is 5.02 Å². The van der Waals surface area contributed by atoms with Crippen LogP contribution >= 0.6 is 23.4 Å². The lowest BCUT2D eigenvalue weighted by molar-refractivity contribution is -0.145. The van der Waals surface area contributed by atoms with Crippen molar-refractivity contribution in [2.75, 3.05) is 31.1 Å². The Morgan fingerprint density at radius 2 is 1.80 bits per heavy atom. The van der Waals surface area contributed by atoms with Crippen molar-refractivity contribution < 1.29 is 19.5 Å². The van der Waals surface area contributed by atoms with Crippen LogP contribution in [0.1, 0.15) is 32.3 Å². The summed E-state index contributed by atoms with van der Waals surface area (Å²) in [4.78, 5) is 49.2. The van der Waals surface area contributed by atoms with Crippen molar-refractivity contribution in [2.24, 2.45) is 17.8 Å². The third-order valence-corrected chi connectivity index (χ3v) is 11.8. The molecule has 2 aromatic rings. The molecule has 0 aliphatic carbocycles. The summed E-state index contributed by atoms with van der Waals surface area (Å²) in [7, 11) is 0. The van der Waals surface area contributed by atoms with Crippen LogP contribution in [0.4, 0.5) is 5.69 Å². The Morgan fingerprint density at radius 3 is 2.41 bits per heavy atom. The maximum absolute atomic E-state index is 15.0. The molecule has 3 aliphatic rings. The smallest absolute Gasteiger partial charge is 0.251 e. The number of aliphatic hydroxyl groups excluding tert-OH is 1.